The molecule has 94 valence electrons. The summed E-state index contributed by atoms with van der Waals surface area (Å²) in [4.78, 5) is 2.54. The van der Waals surface area contributed by atoms with Gasteiger partial charge < -0.3 is 5.11 Å². The fourth-order valence-electron chi connectivity index (χ4n) is 2.74. The number of hydrogen-bond acceptors (Lipinski definition) is 2. The number of aliphatic hydroxyl groups excluding tert-OH is 1. The van der Waals surface area contributed by atoms with Gasteiger partial charge in [0.05, 0.1) is 6.10 Å². The maximum atomic E-state index is 9.55. The molecular weight excluding hydrogens is 210 g/mol. The van der Waals surface area contributed by atoms with Crippen molar-refractivity contribution in [2.75, 3.05) is 6.54 Å². The van der Waals surface area contributed by atoms with Gasteiger partial charge in [0.2, 0.25) is 0 Å². The van der Waals surface area contributed by atoms with Crippen molar-refractivity contribution in [3.63, 3.8) is 0 Å². The van der Waals surface area contributed by atoms with Gasteiger partial charge in [-0.2, -0.15) is 0 Å². The molecule has 0 aromatic heterocycles. The quantitative estimate of drug-likeness (QED) is 0.864. The van der Waals surface area contributed by atoms with E-state index in [1.807, 2.05) is 0 Å². The molecule has 0 amide bonds. The molecule has 0 heterocycles. The average molecular weight is 233 g/mol. The zero-order valence-corrected chi connectivity index (χ0v) is 10.7. The summed E-state index contributed by atoms with van der Waals surface area (Å²) in [6.07, 6.45) is 4.16. The second kappa shape index (κ2) is 6.18. The highest BCUT2D eigenvalue weighted by atomic mass is 16.3. The van der Waals surface area contributed by atoms with E-state index in [-0.39, 0.29) is 6.10 Å². The molecule has 17 heavy (non-hydrogen) atoms. The lowest BCUT2D eigenvalue weighted by atomic mass is 9.91. The second-order valence-electron chi connectivity index (χ2n) is 5.01. The Kier molecular flexibility index (Phi) is 4.57. The maximum Gasteiger partial charge on any atom is 0.0541 e. The zero-order valence-electron chi connectivity index (χ0n) is 10.7. The van der Waals surface area contributed by atoms with Crippen LogP contribution in [0.3, 0.4) is 0 Å². The monoisotopic (exact) mass is 233 g/mol. The summed E-state index contributed by atoms with van der Waals surface area (Å²) >= 11 is 0. The molecule has 1 saturated carbocycles. The Morgan fingerprint density at radius 1 is 1.12 bits per heavy atom. The molecule has 2 heteroatoms. The molecule has 1 aliphatic rings. The lowest BCUT2D eigenvalue weighted by Gasteiger charge is -2.35. The first-order valence-electron chi connectivity index (χ1n) is 6.75. The minimum absolute atomic E-state index is 0.0540. The number of benzene rings is 1. The van der Waals surface area contributed by atoms with Crippen LogP contribution in [0.2, 0.25) is 0 Å². The van der Waals surface area contributed by atoms with Crippen molar-refractivity contribution < 1.29 is 5.11 Å². The van der Waals surface area contributed by atoms with Gasteiger partial charge in [-0.3, -0.25) is 4.90 Å². The third-order valence-corrected chi connectivity index (χ3v) is 3.82. The van der Waals surface area contributed by atoms with Crippen molar-refractivity contribution >= 4 is 0 Å². The molecular formula is C15H23NO. The van der Waals surface area contributed by atoms with Crippen molar-refractivity contribution in [3.05, 3.63) is 35.9 Å². The van der Waals surface area contributed by atoms with Gasteiger partial charge >= 0.3 is 0 Å². The normalized spacial score (nSPS) is 25.1. The Labute approximate surface area is 104 Å². The predicted octanol–water partition coefficient (Wildman–Crippen LogP) is 2.81. The number of rotatable bonds is 4. The molecule has 0 radical (unpaired) electrons. The van der Waals surface area contributed by atoms with E-state index < -0.39 is 0 Å². The summed E-state index contributed by atoms with van der Waals surface area (Å²) in [6.45, 7) is 4.36. The van der Waals surface area contributed by atoms with Crippen LogP contribution in [0.25, 0.3) is 0 Å². The average Bonchev–Trinajstić information content (AvgIpc) is 2.38. The third kappa shape index (κ3) is 3.55. The lowest BCUT2D eigenvalue weighted by Crippen LogP contribution is -2.38. The minimum atomic E-state index is -0.0540. The highest BCUT2D eigenvalue weighted by molar-refractivity contribution is 5.14. The van der Waals surface area contributed by atoms with Crippen LogP contribution in [0.5, 0.6) is 0 Å². The van der Waals surface area contributed by atoms with Crippen LogP contribution in [-0.2, 0) is 6.54 Å². The fraction of sp³-hybridized carbons (Fsp3) is 0.600. The Morgan fingerprint density at radius 3 is 2.35 bits per heavy atom. The van der Waals surface area contributed by atoms with E-state index in [0.717, 1.165) is 38.8 Å². The standard InChI is InChI=1S/C15H23NO/c1-2-16(12-13-6-4-3-5-7-13)14-8-10-15(17)11-9-14/h3-7,14-15,17H,2,8-12H2,1H3. The minimum Gasteiger partial charge on any atom is -0.393 e. The Balaban J connectivity index is 1.92. The number of hydrogen-bond donors (Lipinski definition) is 1. The molecule has 0 atom stereocenters. The summed E-state index contributed by atoms with van der Waals surface area (Å²) in [5, 5.41) is 9.55. The van der Waals surface area contributed by atoms with E-state index in [9.17, 15) is 5.11 Å². The molecule has 0 bridgehead atoms. The SMILES string of the molecule is CCN(Cc1ccccc1)C1CCC(O)CC1. The topological polar surface area (TPSA) is 23.5 Å². The number of nitrogens with zero attached hydrogens (tertiary/aromatic N) is 1. The lowest BCUT2D eigenvalue weighted by molar-refractivity contribution is 0.0728. The summed E-state index contributed by atoms with van der Waals surface area (Å²) in [5.41, 5.74) is 1.39. The molecule has 0 spiro atoms. The molecule has 0 saturated heterocycles. The summed E-state index contributed by atoms with van der Waals surface area (Å²) < 4.78 is 0. The van der Waals surface area contributed by atoms with E-state index in [1.54, 1.807) is 0 Å². The molecule has 1 N–H and O–H groups in total. The molecule has 0 unspecified atom stereocenters. The molecule has 1 aromatic rings. The maximum absolute atomic E-state index is 9.55. The van der Waals surface area contributed by atoms with Gasteiger partial charge in [-0.25, -0.2) is 0 Å². The zero-order chi connectivity index (χ0) is 12.1. The first kappa shape index (κ1) is 12.6. The van der Waals surface area contributed by atoms with Crippen molar-refractivity contribution in [1.29, 1.82) is 0 Å². The van der Waals surface area contributed by atoms with E-state index >= 15 is 0 Å². The van der Waals surface area contributed by atoms with Gasteiger partial charge in [0.1, 0.15) is 0 Å². The van der Waals surface area contributed by atoms with Crippen molar-refractivity contribution in [2.45, 2.75) is 51.3 Å². The van der Waals surface area contributed by atoms with Crippen molar-refractivity contribution in [3.8, 4) is 0 Å². The van der Waals surface area contributed by atoms with Gasteiger partial charge in [0.25, 0.3) is 0 Å². The molecule has 1 fully saturated rings. The first-order chi connectivity index (χ1) is 8.29. The first-order valence-corrected chi connectivity index (χ1v) is 6.75. The van der Waals surface area contributed by atoms with Crippen LogP contribution < -0.4 is 0 Å². The largest absolute Gasteiger partial charge is 0.393 e. The molecule has 2 rings (SSSR count). The van der Waals surface area contributed by atoms with Crippen LogP contribution in [0, 0.1) is 0 Å². The van der Waals surface area contributed by atoms with Crippen LogP contribution >= 0.6 is 0 Å². The van der Waals surface area contributed by atoms with Crippen LogP contribution in [0.4, 0.5) is 0 Å². The van der Waals surface area contributed by atoms with Gasteiger partial charge in [0, 0.05) is 12.6 Å². The van der Waals surface area contributed by atoms with Crippen LogP contribution in [-0.4, -0.2) is 28.7 Å². The van der Waals surface area contributed by atoms with Crippen LogP contribution in [0.1, 0.15) is 38.2 Å². The molecule has 1 aliphatic carbocycles. The Hall–Kier alpha value is -0.860. The van der Waals surface area contributed by atoms with Crippen LogP contribution in [0.15, 0.2) is 30.3 Å². The van der Waals surface area contributed by atoms with Gasteiger partial charge in [-0.05, 0) is 37.8 Å². The van der Waals surface area contributed by atoms with E-state index in [1.165, 1.54) is 5.56 Å². The number of aliphatic hydroxyl groups is 1. The highest BCUT2D eigenvalue weighted by Crippen LogP contribution is 2.24. The fourth-order valence-corrected chi connectivity index (χ4v) is 2.74. The molecule has 0 aliphatic heterocycles. The Morgan fingerprint density at radius 2 is 1.76 bits per heavy atom. The summed E-state index contributed by atoms with van der Waals surface area (Å²) in [6, 6.07) is 11.3. The smallest absolute Gasteiger partial charge is 0.0541 e. The van der Waals surface area contributed by atoms with Gasteiger partial charge in [-0.1, -0.05) is 37.3 Å². The summed E-state index contributed by atoms with van der Waals surface area (Å²) in [7, 11) is 0. The predicted molar refractivity (Wildman–Crippen MR) is 70.8 cm³/mol. The summed E-state index contributed by atoms with van der Waals surface area (Å²) in [5.74, 6) is 0. The van der Waals surface area contributed by atoms with E-state index in [2.05, 4.69) is 42.2 Å². The van der Waals surface area contributed by atoms with Gasteiger partial charge in [-0.15, -0.1) is 0 Å². The van der Waals surface area contributed by atoms with Crippen molar-refractivity contribution in [2.24, 2.45) is 0 Å². The van der Waals surface area contributed by atoms with E-state index in [4.69, 9.17) is 0 Å². The van der Waals surface area contributed by atoms with Crippen molar-refractivity contribution in [1.82, 2.24) is 4.90 Å². The second-order valence-corrected chi connectivity index (χ2v) is 5.01. The van der Waals surface area contributed by atoms with E-state index in [0.29, 0.717) is 6.04 Å². The molecule has 1 aromatic carbocycles. The highest BCUT2D eigenvalue weighted by Gasteiger charge is 2.23. The molecule has 2 nitrogen and oxygen atoms in total. The Bertz CT molecular complexity index is 317. The third-order valence-electron chi connectivity index (χ3n) is 3.82. The van der Waals surface area contributed by atoms with Gasteiger partial charge in [0.15, 0.2) is 0 Å².